The van der Waals surface area contributed by atoms with Crippen LogP contribution in [0.25, 0.3) is 0 Å². The molecular formula is C15H22N2O2. The van der Waals surface area contributed by atoms with Crippen LogP contribution in [0.15, 0.2) is 0 Å². The molecule has 4 nitrogen and oxygen atoms in total. The highest BCUT2D eigenvalue weighted by Crippen LogP contribution is 2.32. The van der Waals surface area contributed by atoms with Crippen molar-refractivity contribution in [2.24, 2.45) is 5.92 Å². The molecule has 104 valence electrons. The second-order valence-electron chi connectivity index (χ2n) is 5.66. The van der Waals surface area contributed by atoms with Crippen LogP contribution in [0, 0.1) is 19.8 Å². The minimum atomic E-state index is -0.765. The second-order valence-corrected chi connectivity index (χ2v) is 5.66. The lowest BCUT2D eigenvalue weighted by Gasteiger charge is -2.15. The summed E-state index contributed by atoms with van der Waals surface area (Å²) >= 11 is 0. The number of aryl methyl sites for hydroxylation is 2. The van der Waals surface area contributed by atoms with Crippen LogP contribution in [0.5, 0.6) is 0 Å². The molecule has 0 saturated heterocycles. The predicted molar refractivity (Wildman–Crippen MR) is 73.2 cm³/mol. The maximum Gasteiger partial charge on any atom is 0.306 e. The first-order valence-electron chi connectivity index (χ1n) is 7.06. The van der Waals surface area contributed by atoms with Crippen molar-refractivity contribution in [3.8, 4) is 0 Å². The van der Waals surface area contributed by atoms with Gasteiger partial charge in [-0.3, -0.25) is 4.79 Å². The molecule has 1 atom stereocenters. The summed E-state index contributed by atoms with van der Waals surface area (Å²) < 4.78 is 0. The largest absolute Gasteiger partial charge is 0.481 e. The topological polar surface area (TPSA) is 63.1 Å². The Bertz CT molecular complexity index is 456. The Morgan fingerprint density at radius 3 is 2.26 bits per heavy atom. The van der Waals surface area contributed by atoms with Gasteiger partial charge in [-0.05, 0) is 38.7 Å². The monoisotopic (exact) mass is 262 g/mol. The molecule has 19 heavy (non-hydrogen) atoms. The molecule has 2 rings (SSSR count). The fraction of sp³-hybridized carbons (Fsp3) is 0.667. The molecule has 1 aromatic heterocycles. The van der Waals surface area contributed by atoms with Gasteiger partial charge in [-0.15, -0.1) is 0 Å². The van der Waals surface area contributed by atoms with Gasteiger partial charge in [0.25, 0.3) is 0 Å². The Balaban J connectivity index is 2.24. The molecular weight excluding hydrogens is 240 g/mol. The fourth-order valence-corrected chi connectivity index (χ4v) is 2.82. The summed E-state index contributed by atoms with van der Waals surface area (Å²) in [6.07, 6.45) is 5.42. The zero-order chi connectivity index (χ0) is 14.0. The third-order valence-corrected chi connectivity index (χ3v) is 4.09. The van der Waals surface area contributed by atoms with Crippen LogP contribution in [0.3, 0.4) is 0 Å². The quantitative estimate of drug-likeness (QED) is 0.906. The molecule has 1 heterocycles. The molecule has 1 aliphatic rings. The number of nitrogens with zero attached hydrogens (tertiary/aromatic N) is 2. The summed E-state index contributed by atoms with van der Waals surface area (Å²) in [7, 11) is 0. The number of hydrogen-bond acceptors (Lipinski definition) is 3. The molecule has 1 N–H and O–H groups in total. The lowest BCUT2D eigenvalue weighted by molar-refractivity contribution is -0.141. The zero-order valence-electron chi connectivity index (χ0n) is 11.9. The molecule has 4 heteroatoms. The van der Waals surface area contributed by atoms with E-state index in [1.54, 1.807) is 6.92 Å². The average molecular weight is 262 g/mol. The van der Waals surface area contributed by atoms with Gasteiger partial charge in [0.15, 0.2) is 0 Å². The van der Waals surface area contributed by atoms with E-state index in [1.807, 2.05) is 13.8 Å². The molecule has 1 aliphatic carbocycles. The van der Waals surface area contributed by atoms with Crippen molar-refractivity contribution in [3.05, 3.63) is 22.8 Å². The van der Waals surface area contributed by atoms with Gasteiger partial charge in [0.05, 0.1) is 5.92 Å². The number of hydrogen-bond donors (Lipinski definition) is 1. The van der Waals surface area contributed by atoms with Crippen LogP contribution in [-0.2, 0) is 11.2 Å². The number of carboxylic acids is 1. The van der Waals surface area contributed by atoms with Gasteiger partial charge in [-0.25, -0.2) is 9.97 Å². The summed E-state index contributed by atoms with van der Waals surface area (Å²) in [6.45, 7) is 5.67. The van der Waals surface area contributed by atoms with Crippen LogP contribution >= 0.6 is 0 Å². The van der Waals surface area contributed by atoms with Crippen molar-refractivity contribution in [1.82, 2.24) is 9.97 Å². The third-order valence-electron chi connectivity index (χ3n) is 4.09. The van der Waals surface area contributed by atoms with Crippen molar-refractivity contribution in [2.75, 3.05) is 0 Å². The van der Waals surface area contributed by atoms with Gasteiger partial charge in [-0.1, -0.05) is 19.8 Å². The summed E-state index contributed by atoms with van der Waals surface area (Å²) in [5.74, 6) is 0.305. The molecule has 1 aromatic rings. The number of rotatable bonds is 4. The molecule has 1 saturated carbocycles. The molecule has 0 aromatic carbocycles. The van der Waals surface area contributed by atoms with Crippen molar-refractivity contribution in [1.29, 1.82) is 0 Å². The highest BCUT2D eigenvalue weighted by atomic mass is 16.4. The molecule has 1 unspecified atom stereocenters. The van der Waals surface area contributed by atoms with E-state index >= 15 is 0 Å². The summed E-state index contributed by atoms with van der Waals surface area (Å²) in [5, 5.41) is 9.01. The molecule has 0 bridgehead atoms. The first kappa shape index (κ1) is 14.0. The average Bonchev–Trinajstić information content (AvgIpc) is 2.86. The van der Waals surface area contributed by atoms with Crippen molar-refractivity contribution in [2.45, 2.75) is 58.8 Å². The van der Waals surface area contributed by atoms with Crippen LogP contribution in [0.4, 0.5) is 0 Å². The highest BCUT2D eigenvalue weighted by Gasteiger charge is 2.22. The van der Waals surface area contributed by atoms with E-state index < -0.39 is 11.9 Å². The zero-order valence-corrected chi connectivity index (χ0v) is 11.9. The predicted octanol–water partition coefficient (Wildman–Crippen LogP) is 3.01. The Morgan fingerprint density at radius 2 is 1.79 bits per heavy atom. The van der Waals surface area contributed by atoms with E-state index in [2.05, 4.69) is 9.97 Å². The fourth-order valence-electron chi connectivity index (χ4n) is 2.82. The van der Waals surface area contributed by atoms with Gasteiger partial charge < -0.3 is 5.11 Å². The number of carboxylic acid groups (broad SMARTS) is 1. The van der Waals surface area contributed by atoms with E-state index in [-0.39, 0.29) is 0 Å². The van der Waals surface area contributed by atoms with Gasteiger partial charge >= 0.3 is 5.97 Å². The Kier molecular flexibility index (Phi) is 4.17. The maximum atomic E-state index is 11.0. The summed E-state index contributed by atoms with van der Waals surface area (Å²) in [4.78, 5) is 20.2. The lowest BCUT2D eigenvalue weighted by atomic mass is 9.98. The Hall–Kier alpha value is -1.45. The molecule has 1 fully saturated rings. The van der Waals surface area contributed by atoms with Crippen LogP contribution < -0.4 is 0 Å². The third kappa shape index (κ3) is 3.11. The van der Waals surface area contributed by atoms with E-state index in [4.69, 9.17) is 5.11 Å². The second kappa shape index (κ2) is 5.68. The normalized spacial score (nSPS) is 17.6. The van der Waals surface area contributed by atoms with E-state index in [9.17, 15) is 4.79 Å². The lowest BCUT2D eigenvalue weighted by Crippen LogP contribution is -2.16. The van der Waals surface area contributed by atoms with Gasteiger partial charge in [0.2, 0.25) is 0 Å². The van der Waals surface area contributed by atoms with Crippen molar-refractivity contribution in [3.63, 3.8) is 0 Å². The van der Waals surface area contributed by atoms with Gasteiger partial charge in [-0.2, -0.15) is 0 Å². The van der Waals surface area contributed by atoms with Crippen LogP contribution in [0.2, 0.25) is 0 Å². The van der Waals surface area contributed by atoms with Crippen molar-refractivity contribution < 1.29 is 9.90 Å². The molecule has 0 radical (unpaired) electrons. The van der Waals surface area contributed by atoms with Crippen LogP contribution in [-0.4, -0.2) is 21.0 Å². The summed E-state index contributed by atoms with van der Waals surface area (Å²) in [5.41, 5.74) is 2.89. The molecule has 0 amide bonds. The van der Waals surface area contributed by atoms with Gasteiger partial charge in [0.1, 0.15) is 5.82 Å². The van der Waals surface area contributed by atoms with E-state index in [1.165, 1.54) is 25.7 Å². The minimum absolute atomic E-state index is 0.390. The Labute approximate surface area is 114 Å². The standard InChI is InChI=1S/C15H22N2O2/c1-9(15(18)19)8-13-10(2)16-14(17-11(13)3)12-6-4-5-7-12/h9,12H,4-8H2,1-3H3,(H,18,19). The minimum Gasteiger partial charge on any atom is -0.481 e. The van der Waals surface area contributed by atoms with Gasteiger partial charge in [0, 0.05) is 17.3 Å². The van der Waals surface area contributed by atoms with E-state index in [0.29, 0.717) is 12.3 Å². The van der Waals surface area contributed by atoms with E-state index in [0.717, 1.165) is 22.8 Å². The molecule has 0 aliphatic heterocycles. The number of aromatic nitrogens is 2. The Morgan fingerprint density at radius 1 is 1.26 bits per heavy atom. The SMILES string of the molecule is Cc1nc(C2CCCC2)nc(C)c1CC(C)C(=O)O. The first-order chi connectivity index (χ1) is 8.99. The summed E-state index contributed by atoms with van der Waals surface area (Å²) in [6, 6.07) is 0. The molecule has 0 spiro atoms. The van der Waals surface area contributed by atoms with Crippen molar-refractivity contribution >= 4 is 5.97 Å². The smallest absolute Gasteiger partial charge is 0.306 e. The van der Waals surface area contributed by atoms with Crippen LogP contribution in [0.1, 0.15) is 61.3 Å². The maximum absolute atomic E-state index is 11.0. The number of carbonyl (C=O) groups is 1. The first-order valence-corrected chi connectivity index (χ1v) is 7.06. The highest BCUT2D eigenvalue weighted by molar-refractivity contribution is 5.70. The number of aliphatic carboxylic acids is 1.